The average molecular weight is 1180 g/mol. The van der Waals surface area contributed by atoms with Gasteiger partial charge in [0, 0.05) is 50.0 Å². The zero-order chi connectivity index (χ0) is 54.0. The van der Waals surface area contributed by atoms with E-state index >= 15 is 0 Å². The standard InChI is InChI=1S/C20H19NO5.C13H14BrNO3.C8H8BrClO.C7H7BO4.C5H7NO2/c1-24-16-7-5-13(11-21-19(22)3-2-4-20(21)23)9-15(16)14-6-8-17-18(10-14)26-12-25-17;1-18-11-6-5-9(7-10(11)14)8-15-12(16)3-2-4-13(15)17;1-11-8-3-2-6(5-10)4-7(8)9;9-8(10)5-1-2-6-7(3-5)12-4-11-6;7-4-2-1-3-5(8)6-4/h5-10H,2-4,11-12H2,1H3;5-7H,2-4,8H2,1H3;2-4H,5H2,1H3;1-3,9-10H,4H2;1-3H2,(H,6,7,8). The predicted molar refractivity (Wildman–Crippen MR) is 284 cm³/mol. The van der Waals surface area contributed by atoms with Gasteiger partial charge in [0.05, 0.1) is 43.4 Å². The third-order valence-electron chi connectivity index (χ3n) is 11.8. The molecular formula is C53H55BBr2ClN3O15. The highest BCUT2D eigenvalue weighted by molar-refractivity contribution is 9.11. The van der Waals surface area contributed by atoms with Crippen LogP contribution in [0.3, 0.4) is 0 Å². The van der Waals surface area contributed by atoms with Crippen molar-refractivity contribution in [1.29, 1.82) is 0 Å². The van der Waals surface area contributed by atoms with Gasteiger partial charge in [0.25, 0.3) is 0 Å². The molecule has 0 spiro atoms. The van der Waals surface area contributed by atoms with Gasteiger partial charge in [-0.25, -0.2) is 0 Å². The second-order valence-corrected chi connectivity index (χ2v) is 18.9. The maximum atomic E-state index is 12.1. The first kappa shape index (κ1) is 57.6. The van der Waals surface area contributed by atoms with Crippen molar-refractivity contribution in [3.63, 3.8) is 0 Å². The van der Waals surface area contributed by atoms with E-state index in [1.807, 2.05) is 72.8 Å². The van der Waals surface area contributed by atoms with Gasteiger partial charge in [0.15, 0.2) is 23.0 Å². The van der Waals surface area contributed by atoms with E-state index in [9.17, 15) is 28.8 Å². The van der Waals surface area contributed by atoms with Crippen LogP contribution in [0.5, 0.6) is 40.2 Å². The topological polar surface area (TPSA) is 226 Å². The summed E-state index contributed by atoms with van der Waals surface area (Å²) in [6.45, 7) is 1.02. The van der Waals surface area contributed by atoms with Crippen LogP contribution in [0.1, 0.15) is 74.5 Å². The van der Waals surface area contributed by atoms with Gasteiger partial charge >= 0.3 is 7.12 Å². The number of fused-ring (bicyclic) bond motifs is 2. The maximum absolute atomic E-state index is 12.1. The number of ether oxygens (including phenoxy) is 7. The summed E-state index contributed by atoms with van der Waals surface area (Å²) in [6.07, 6.45) is 4.81. The van der Waals surface area contributed by atoms with Crippen LogP contribution in [0.25, 0.3) is 11.1 Å². The number of carbonyl (C=O) groups excluding carboxylic acids is 6. The van der Waals surface area contributed by atoms with Crippen molar-refractivity contribution in [2.24, 2.45) is 0 Å². The van der Waals surface area contributed by atoms with E-state index in [2.05, 4.69) is 37.2 Å². The number of rotatable bonds is 10. The smallest absolute Gasteiger partial charge is 0.488 e. The van der Waals surface area contributed by atoms with E-state index in [-0.39, 0.29) is 55.6 Å². The van der Waals surface area contributed by atoms with E-state index in [1.54, 1.807) is 39.5 Å². The van der Waals surface area contributed by atoms with E-state index in [1.165, 1.54) is 9.80 Å². The van der Waals surface area contributed by atoms with Crippen molar-refractivity contribution >= 4 is 91.5 Å². The van der Waals surface area contributed by atoms with Crippen LogP contribution in [0.15, 0.2) is 99.9 Å². The van der Waals surface area contributed by atoms with Gasteiger partial charge in [-0.3, -0.25) is 43.9 Å². The third kappa shape index (κ3) is 16.4. The van der Waals surface area contributed by atoms with Gasteiger partial charge in [0.1, 0.15) is 17.2 Å². The zero-order valence-corrected chi connectivity index (χ0v) is 45.3. The Balaban J connectivity index is 0.000000163. The van der Waals surface area contributed by atoms with Gasteiger partial charge in [-0.15, -0.1) is 11.6 Å². The zero-order valence-electron chi connectivity index (χ0n) is 41.4. The van der Waals surface area contributed by atoms with E-state index in [4.69, 9.17) is 54.8 Å². The normalized spacial score (nSPS) is 15.1. The minimum Gasteiger partial charge on any atom is -0.496 e. The minimum atomic E-state index is -1.46. The molecule has 5 aromatic rings. The predicted octanol–water partition coefficient (Wildman–Crippen LogP) is 7.73. The Morgan fingerprint density at radius 2 is 0.960 bits per heavy atom. The molecule has 0 saturated carbocycles. The fourth-order valence-corrected chi connectivity index (χ4v) is 9.17. The molecule has 75 heavy (non-hydrogen) atoms. The summed E-state index contributed by atoms with van der Waals surface area (Å²) in [5.74, 6) is 4.74. The van der Waals surface area contributed by atoms with Crippen molar-refractivity contribution in [1.82, 2.24) is 15.1 Å². The fraction of sp³-hybridized carbons (Fsp3) is 0.321. The van der Waals surface area contributed by atoms with Crippen LogP contribution in [-0.4, -0.2) is 97.3 Å². The molecule has 3 fully saturated rings. The summed E-state index contributed by atoms with van der Waals surface area (Å²) >= 11 is 12.4. The molecule has 18 nitrogen and oxygen atoms in total. The Kier molecular flexibility index (Phi) is 21.8. The molecule has 10 rings (SSSR count). The van der Waals surface area contributed by atoms with Gasteiger partial charge < -0.3 is 43.2 Å². The van der Waals surface area contributed by atoms with E-state index in [0.717, 1.165) is 48.3 Å². The molecule has 0 aromatic heterocycles. The first-order valence-electron chi connectivity index (χ1n) is 23.6. The lowest BCUT2D eigenvalue weighted by Gasteiger charge is -2.25. The lowest BCUT2D eigenvalue weighted by atomic mass is 9.80. The highest BCUT2D eigenvalue weighted by Gasteiger charge is 2.28. The summed E-state index contributed by atoms with van der Waals surface area (Å²) in [5, 5.41) is 19.8. The Labute approximate surface area is 455 Å². The quantitative estimate of drug-likeness (QED) is 0.0691. The van der Waals surface area contributed by atoms with Crippen LogP contribution in [-0.2, 0) is 47.7 Å². The summed E-state index contributed by atoms with van der Waals surface area (Å²) in [7, 11) is 3.39. The van der Waals surface area contributed by atoms with Crippen LogP contribution in [0.2, 0.25) is 0 Å². The number of hydrogen-bond donors (Lipinski definition) is 3. The highest BCUT2D eigenvalue weighted by Crippen LogP contribution is 2.39. The number of benzene rings is 5. The third-order valence-corrected chi connectivity index (χ3v) is 13.3. The molecule has 0 aliphatic carbocycles. The number of methoxy groups -OCH3 is 3. The number of nitrogens with zero attached hydrogens (tertiary/aromatic N) is 2. The van der Waals surface area contributed by atoms with Crippen LogP contribution in [0, 0.1) is 0 Å². The molecule has 5 aliphatic rings. The first-order valence-corrected chi connectivity index (χ1v) is 25.8. The fourth-order valence-electron chi connectivity index (χ4n) is 7.83. The lowest BCUT2D eigenvalue weighted by Crippen LogP contribution is -2.39. The number of halogens is 3. The molecule has 396 valence electrons. The monoisotopic (exact) mass is 1180 g/mol. The number of hydrogen-bond acceptors (Lipinski definition) is 15. The number of carbonyl (C=O) groups is 6. The van der Waals surface area contributed by atoms with Crippen molar-refractivity contribution in [2.75, 3.05) is 34.9 Å². The van der Waals surface area contributed by atoms with Gasteiger partial charge in [-0.1, -0.05) is 30.3 Å². The van der Waals surface area contributed by atoms with Crippen molar-refractivity contribution in [3.8, 4) is 51.4 Å². The van der Waals surface area contributed by atoms with Crippen molar-refractivity contribution in [2.45, 2.75) is 76.8 Å². The lowest BCUT2D eigenvalue weighted by molar-refractivity contribution is -0.150. The Bertz CT molecular complexity index is 2830. The number of piperidine rings is 3. The molecule has 5 heterocycles. The Hall–Kier alpha value is -6.65. The molecule has 0 unspecified atom stereocenters. The van der Waals surface area contributed by atoms with Crippen molar-refractivity contribution in [3.05, 3.63) is 117 Å². The number of alkyl halides is 1. The van der Waals surface area contributed by atoms with Crippen molar-refractivity contribution < 1.29 is 72.0 Å². The molecule has 5 aromatic carbocycles. The molecule has 0 radical (unpaired) electrons. The summed E-state index contributed by atoms with van der Waals surface area (Å²) in [6, 6.07) is 27.5. The number of nitrogens with one attached hydrogen (secondary N) is 1. The highest BCUT2D eigenvalue weighted by atomic mass is 79.9. The minimum absolute atomic E-state index is 0.0850. The second kappa shape index (κ2) is 28.3. The van der Waals surface area contributed by atoms with Gasteiger partial charge in [-0.05, 0) is 140 Å². The molecule has 6 amide bonds. The Morgan fingerprint density at radius 3 is 1.41 bits per heavy atom. The van der Waals surface area contributed by atoms with Crippen LogP contribution < -0.4 is 43.9 Å². The summed E-state index contributed by atoms with van der Waals surface area (Å²) in [4.78, 5) is 70.9. The molecule has 3 saturated heterocycles. The molecule has 0 bridgehead atoms. The number of likely N-dealkylation sites (tertiary alicyclic amines) is 2. The summed E-state index contributed by atoms with van der Waals surface area (Å²) < 4.78 is 38.3. The van der Waals surface area contributed by atoms with Crippen LogP contribution >= 0.6 is 43.5 Å². The van der Waals surface area contributed by atoms with Gasteiger partial charge in [0.2, 0.25) is 49.0 Å². The molecule has 3 N–H and O–H groups in total. The molecule has 22 heteroatoms. The molecule has 5 aliphatic heterocycles. The number of amides is 6. The average Bonchev–Trinajstić information content (AvgIpc) is 4.09. The van der Waals surface area contributed by atoms with E-state index < -0.39 is 7.12 Å². The first-order chi connectivity index (χ1) is 36.1. The summed E-state index contributed by atoms with van der Waals surface area (Å²) in [5.41, 5.74) is 5.07. The van der Waals surface area contributed by atoms with E-state index in [0.29, 0.717) is 104 Å². The SMILES string of the molecule is COc1ccc(CCl)cc1Br.COc1ccc(CN2C(=O)CCCC2=O)cc1-c1ccc2c(c1)OCO2.COc1ccc(CN2C(=O)CCCC2=O)cc1Br.O=C1CCCC(=O)N1.OB(O)c1ccc2c(c1)OCO2. The second-order valence-electron chi connectivity index (χ2n) is 16.9. The van der Waals surface area contributed by atoms with Crippen LogP contribution in [0.4, 0.5) is 0 Å². The number of imide groups is 3. The largest absolute Gasteiger partial charge is 0.496 e. The molecule has 0 atom stereocenters. The van der Waals surface area contributed by atoms with Gasteiger partial charge in [-0.2, -0.15) is 0 Å². The molecular weight excluding hydrogens is 1120 g/mol. The Morgan fingerprint density at radius 1 is 0.533 bits per heavy atom. The maximum Gasteiger partial charge on any atom is 0.488 e.